The second-order valence-corrected chi connectivity index (χ2v) is 4.51. The van der Waals surface area contributed by atoms with Crippen molar-refractivity contribution in [2.45, 2.75) is 26.4 Å². The summed E-state index contributed by atoms with van der Waals surface area (Å²) >= 11 is 4.94. The fourth-order valence-electron chi connectivity index (χ4n) is 1.61. The molecule has 0 radical (unpaired) electrons. The lowest BCUT2D eigenvalue weighted by atomic mass is 10.1. The molecule has 14 heavy (non-hydrogen) atoms. The van der Waals surface area contributed by atoms with Crippen molar-refractivity contribution in [1.82, 2.24) is 4.90 Å². The normalized spacial score (nSPS) is 26.0. The summed E-state index contributed by atoms with van der Waals surface area (Å²) in [5.74, 6) is 0.736. The first-order valence-electron chi connectivity index (χ1n) is 5.26. The van der Waals surface area contributed by atoms with Gasteiger partial charge in [0.25, 0.3) is 0 Å². The van der Waals surface area contributed by atoms with Crippen LogP contribution in [0.5, 0.6) is 0 Å². The number of ether oxygens (including phenoxy) is 1. The van der Waals surface area contributed by atoms with Crippen LogP contribution in [0.1, 0.15) is 20.3 Å². The second kappa shape index (κ2) is 5.63. The summed E-state index contributed by atoms with van der Waals surface area (Å²) in [4.78, 5) is 2.88. The van der Waals surface area contributed by atoms with Gasteiger partial charge in [-0.15, -0.1) is 0 Å². The second-order valence-electron chi connectivity index (χ2n) is 4.03. The Morgan fingerprint density at radius 1 is 1.71 bits per heavy atom. The molecule has 0 amide bonds. The van der Waals surface area contributed by atoms with Gasteiger partial charge >= 0.3 is 0 Å². The topological polar surface area (TPSA) is 38.5 Å². The lowest BCUT2D eigenvalue weighted by molar-refractivity contribution is 0.00213. The first kappa shape index (κ1) is 11.9. The molecule has 2 N–H and O–H groups in total. The lowest BCUT2D eigenvalue weighted by Crippen LogP contribution is -2.48. The van der Waals surface area contributed by atoms with Crippen LogP contribution in [0.4, 0.5) is 0 Å². The monoisotopic (exact) mass is 216 g/mol. The van der Waals surface area contributed by atoms with Crippen LogP contribution >= 0.6 is 12.2 Å². The van der Waals surface area contributed by atoms with Gasteiger partial charge < -0.3 is 10.5 Å². The van der Waals surface area contributed by atoms with Crippen LogP contribution in [0.2, 0.25) is 0 Å². The zero-order chi connectivity index (χ0) is 10.6. The zero-order valence-electron chi connectivity index (χ0n) is 9.03. The van der Waals surface area contributed by atoms with Crippen molar-refractivity contribution in [3.63, 3.8) is 0 Å². The SMILES string of the molecule is CCC(C)CN1CCOC(C(N)=S)C1. The Labute approximate surface area is 91.6 Å². The van der Waals surface area contributed by atoms with Crippen molar-refractivity contribution in [1.29, 1.82) is 0 Å². The summed E-state index contributed by atoms with van der Waals surface area (Å²) in [6.45, 7) is 8.22. The fraction of sp³-hybridized carbons (Fsp3) is 0.900. The van der Waals surface area contributed by atoms with Crippen molar-refractivity contribution >= 4 is 17.2 Å². The molecule has 2 unspecified atom stereocenters. The molecule has 1 rings (SSSR count). The molecule has 0 spiro atoms. The van der Waals surface area contributed by atoms with Crippen LogP contribution in [0, 0.1) is 5.92 Å². The first-order valence-corrected chi connectivity index (χ1v) is 5.67. The van der Waals surface area contributed by atoms with Crippen molar-refractivity contribution in [2.24, 2.45) is 11.7 Å². The molecule has 1 aliphatic rings. The van der Waals surface area contributed by atoms with Crippen LogP contribution in [-0.4, -0.2) is 42.2 Å². The third-order valence-electron chi connectivity index (χ3n) is 2.73. The number of rotatable bonds is 4. The van der Waals surface area contributed by atoms with E-state index in [0.717, 1.165) is 32.2 Å². The molecular formula is C10H20N2OS. The Bertz CT molecular complexity index is 199. The van der Waals surface area contributed by atoms with E-state index in [2.05, 4.69) is 18.7 Å². The third kappa shape index (κ3) is 3.52. The molecule has 0 bridgehead atoms. The average Bonchev–Trinajstić information content (AvgIpc) is 2.18. The number of thiocarbonyl (C=S) groups is 1. The van der Waals surface area contributed by atoms with Crippen LogP contribution in [-0.2, 0) is 4.74 Å². The molecule has 1 aliphatic heterocycles. The molecule has 0 aromatic heterocycles. The number of morpholine rings is 1. The summed E-state index contributed by atoms with van der Waals surface area (Å²) in [7, 11) is 0. The Morgan fingerprint density at radius 3 is 3.00 bits per heavy atom. The molecule has 0 aliphatic carbocycles. The Balaban J connectivity index is 2.36. The molecule has 1 fully saturated rings. The molecule has 0 aromatic rings. The first-order chi connectivity index (χ1) is 6.63. The molecule has 0 aromatic carbocycles. The number of nitrogens with zero attached hydrogens (tertiary/aromatic N) is 1. The van der Waals surface area contributed by atoms with Crippen LogP contribution in [0.15, 0.2) is 0 Å². The summed E-state index contributed by atoms with van der Waals surface area (Å²) in [6, 6.07) is 0. The number of hydrogen-bond acceptors (Lipinski definition) is 3. The van der Waals surface area contributed by atoms with Gasteiger partial charge in [0.05, 0.1) is 6.61 Å². The van der Waals surface area contributed by atoms with E-state index in [1.54, 1.807) is 0 Å². The Morgan fingerprint density at radius 2 is 2.43 bits per heavy atom. The molecule has 82 valence electrons. The zero-order valence-corrected chi connectivity index (χ0v) is 9.85. The van der Waals surface area contributed by atoms with Gasteiger partial charge in [0.1, 0.15) is 11.1 Å². The van der Waals surface area contributed by atoms with E-state index < -0.39 is 0 Å². The van der Waals surface area contributed by atoms with Gasteiger partial charge in [0.15, 0.2) is 0 Å². The predicted molar refractivity (Wildman–Crippen MR) is 62.4 cm³/mol. The number of hydrogen-bond donors (Lipinski definition) is 1. The van der Waals surface area contributed by atoms with Gasteiger partial charge in [-0.2, -0.15) is 0 Å². The average molecular weight is 216 g/mol. The fourth-order valence-corrected chi connectivity index (χ4v) is 1.75. The summed E-state index contributed by atoms with van der Waals surface area (Å²) < 4.78 is 5.48. The lowest BCUT2D eigenvalue weighted by Gasteiger charge is -2.33. The Kier molecular flexibility index (Phi) is 4.78. The largest absolute Gasteiger partial charge is 0.391 e. The Hall–Kier alpha value is -0.190. The molecule has 2 atom stereocenters. The summed E-state index contributed by atoms with van der Waals surface area (Å²) in [6.07, 6.45) is 1.18. The molecule has 3 nitrogen and oxygen atoms in total. The van der Waals surface area contributed by atoms with Gasteiger partial charge in [0, 0.05) is 19.6 Å². The summed E-state index contributed by atoms with van der Waals surface area (Å²) in [5, 5.41) is 0. The highest BCUT2D eigenvalue weighted by molar-refractivity contribution is 7.80. The maximum absolute atomic E-state index is 5.57. The van der Waals surface area contributed by atoms with E-state index in [9.17, 15) is 0 Å². The van der Waals surface area contributed by atoms with E-state index in [-0.39, 0.29) is 6.10 Å². The highest BCUT2D eigenvalue weighted by atomic mass is 32.1. The molecule has 1 heterocycles. The molecule has 0 saturated carbocycles. The van der Waals surface area contributed by atoms with Gasteiger partial charge in [-0.25, -0.2) is 0 Å². The highest BCUT2D eigenvalue weighted by Crippen LogP contribution is 2.10. The molecular weight excluding hydrogens is 196 g/mol. The summed E-state index contributed by atoms with van der Waals surface area (Å²) in [5.41, 5.74) is 5.57. The minimum absolute atomic E-state index is 0.0391. The quantitative estimate of drug-likeness (QED) is 0.712. The van der Waals surface area contributed by atoms with Crippen LogP contribution in [0.3, 0.4) is 0 Å². The van der Waals surface area contributed by atoms with Crippen LogP contribution < -0.4 is 5.73 Å². The van der Waals surface area contributed by atoms with Crippen molar-refractivity contribution < 1.29 is 4.74 Å². The highest BCUT2D eigenvalue weighted by Gasteiger charge is 2.22. The molecule has 4 heteroatoms. The minimum atomic E-state index is -0.0391. The number of nitrogens with two attached hydrogens (primary N) is 1. The van der Waals surface area contributed by atoms with Gasteiger partial charge in [-0.3, -0.25) is 4.90 Å². The predicted octanol–water partition coefficient (Wildman–Crippen LogP) is 1.02. The van der Waals surface area contributed by atoms with Crippen molar-refractivity contribution in [3.05, 3.63) is 0 Å². The third-order valence-corrected chi connectivity index (χ3v) is 3.00. The molecule has 1 saturated heterocycles. The van der Waals surface area contributed by atoms with Gasteiger partial charge in [-0.1, -0.05) is 32.5 Å². The standard InChI is InChI=1S/C10H20N2OS/c1-3-8(2)6-12-4-5-13-9(7-12)10(11)14/h8-9H,3-7H2,1-2H3,(H2,11,14). The van der Waals surface area contributed by atoms with E-state index in [1.165, 1.54) is 6.42 Å². The van der Waals surface area contributed by atoms with Gasteiger partial charge in [0.2, 0.25) is 0 Å². The minimum Gasteiger partial charge on any atom is -0.391 e. The van der Waals surface area contributed by atoms with Crippen molar-refractivity contribution in [3.8, 4) is 0 Å². The van der Waals surface area contributed by atoms with Crippen LogP contribution in [0.25, 0.3) is 0 Å². The van der Waals surface area contributed by atoms with E-state index in [0.29, 0.717) is 4.99 Å². The smallest absolute Gasteiger partial charge is 0.120 e. The maximum Gasteiger partial charge on any atom is 0.120 e. The van der Waals surface area contributed by atoms with Crippen molar-refractivity contribution in [2.75, 3.05) is 26.2 Å². The van der Waals surface area contributed by atoms with E-state index in [1.807, 2.05) is 0 Å². The maximum atomic E-state index is 5.57. The van der Waals surface area contributed by atoms with E-state index in [4.69, 9.17) is 22.7 Å². The van der Waals surface area contributed by atoms with Gasteiger partial charge in [-0.05, 0) is 5.92 Å². The van der Waals surface area contributed by atoms with E-state index >= 15 is 0 Å².